The summed E-state index contributed by atoms with van der Waals surface area (Å²) in [6.07, 6.45) is 3.01. The van der Waals surface area contributed by atoms with E-state index in [2.05, 4.69) is 25.4 Å². The van der Waals surface area contributed by atoms with E-state index >= 15 is 0 Å². The largest absolute Gasteiger partial charge is 0.480 e. The van der Waals surface area contributed by atoms with E-state index in [0.29, 0.717) is 86.8 Å². The number of rotatable bonds is 24. The Hall–Kier alpha value is -11.0. The number of esters is 4. The monoisotopic (exact) mass is 1720 g/mol. The lowest BCUT2D eigenvalue weighted by Crippen LogP contribution is -2.44. The molecule has 650 valence electrons. The van der Waals surface area contributed by atoms with Crippen molar-refractivity contribution in [2.24, 2.45) is 29.4 Å². The van der Waals surface area contributed by atoms with Crippen LogP contribution >= 0.6 is 36.4 Å². The highest BCUT2D eigenvalue weighted by Gasteiger charge is 2.45. The van der Waals surface area contributed by atoms with E-state index in [0.717, 1.165) is 5.56 Å². The summed E-state index contributed by atoms with van der Waals surface area (Å²) >= 11 is 5.16. The van der Waals surface area contributed by atoms with Gasteiger partial charge in [-0.05, 0) is 115 Å². The molecule has 6 N–H and O–H groups in total. The van der Waals surface area contributed by atoms with Crippen molar-refractivity contribution in [3.05, 3.63) is 179 Å². The van der Waals surface area contributed by atoms with E-state index in [-0.39, 0.29) is 155 Å². The molecule has 0 unspecified atom stereocenters. The lowest BCUT2D eigenvalue weighted by molar-refractivity contribution is -0.150. The summed E-state index contributed by atoms with van der Waals surface area (Å²) < 4.78 is 29.5. The van der Waals surface area contributed by atoms with E-state index < -0.39 is 82.6 Å². The number of carboxylic acids is 1. The summed E-state index contributed by atoms with van der Waals surface area (Å²) in [5.74, 6) is -3.81. The predicted octanol–water partition coefficient (Wildman–Crippen LogP) is 9.21. The molecule has 10 atom stereocenters. The SMILES string of the molecule is C.COC(=O)[C@@H]1C[C@@H](CC(=O)c2ccccc2)CN1.COC(=O)[C@@H]1C[C@@H](CC(=O)c2ccccc2)CN1C(=O)CNC=O.COC(=O)[C@@H]1C[C@@H](CC(=O)c2ccccc2)CN1C(=O)OC(C)(C)C.COC(=O)[C@@H]1C[C@@H](N)CN1C(=O)OC(C)(C)C.Cl.Cl.O=C(Cl)c1ccccc1.O=CNCC(=O)N1C[C@H](CC(=O)c2ccccc2)C[C@H]1C(=O)O. The molecular weight excluding hydrogens is 1610 g/mol. The standard InChI is InChI=1S/C19H25NO5.C17H20N2O5.C16H18N2O5.C14H17NO3.C11H20N2O4.C7H5ClO.CH4.2ClH/c1-19(2,3)25-18(23)20-12-13(10-15(20)17(22)24-4)11-16(21)14-8-6-5-7-9-14;1-24-17(23)14-7-12(10-19(14)16(22)9-18-11-20)8-15(21)13-5-3-2-4-6-13;19-10-17-8-15(21)18-9-11(6-13(18)16(22)23)7-14(20)12-4-2-1-3-5-12;1-18-14(17)12-7-10(9-15-12)8-13(16)11-5-3-2-4-6-11;1-11(2,3)17-10(15)13-6-7(12)5-8(13)9(14)16-4;8-7(9)6-4-2-1-3-5-6;;;/h5-9,13,15H,10-12H2,1-4H3;2-6,11-12,14H,7-10H2,1H3,(H,18,20);1-5,10-11,13H,6-9H2,(H,17,19)(H,22,23);2-6,10,12,15H,7-9H2,1H3;7-8H,5-6,12H2,1-4H3;1-5H;1H4;2*1H/t13-,15-;12-,14-;11-,13-;10-,12-;7-,8+;;;;/m00001..../s1. The zero-order chi connectivity index (χ0) is 85.8. The Morgan fingerprint density at radius 3 is 1.02 bits per heavy atom. The predicted molar refractivity (Wildman–Crippen MR) is 445 cm³/mol. The van der Waals surface area contributed by atoms with Crippen LogP contribution in [-0.4, -0.2) is 241 Å². The third-order valence-electron chi connectivity index (χ3n) is 18.8. The van der Waals surface area contributed by atoms with Gasteiger partial charge >= 0.3 is 42.0 Å². The third kappa shape index (κ3) is 34.9. The molecule has 5 fully saturated rings. The Kier molecular flexibility index (Phi) is 45.5. The summed E-state index contributed by atoms with van der Waals surface area (Å²) in [4.78, 5) is 192. The molecule has 0 radical (unpaired) electrons. The maximum Gasteiger partial charge on any atom is 0.411 e. The molecule has 5 aliphatic heterocycles. The van der Waals surface area contributed by atoms with Crippen LogP contribution in [0.2, 0.25) is 0 Å². The fourth-order valence-electron chi connectivity index (χ4n) is 13.3. The summed E-state index contributed by atoms with van der Waals surface area (Å²) in [6, 6.07) is 41.2. The Morgan fingerprint density at radius 2 is 0.714 bits per heavy atom. The summed E-state index contributed by atoms with van der Waals surface area (Å²) in [6.45, 7) is 12.0. The second-order valence-electron chi connectivity index (χ2n) is 29.8. The molecule has 10 rings (SSSR count). The number of carbonyl (C=O) groups is 16. The molecule has 5 aromatic rings. The van der Waals surface area contributed by atoms with Crippen LogP contribution in [0.3, 0.4) is 0 Å². The van der Waals surface area contributed by atoms with Gasteiger partial charge in [0.1, 0.15) is 41.4 Å². The molecule has 5 aromatic carbocycles. The highest BCUT2D eigenvalue weighted by Crippen LogP contribution is 2.32. The van der Waals surface area contributed by atoms with Gasteiger partial charge in [0, 0.05) is 85.7 Å². The van der Waals surface area contributed by atoms with Gasteiger partial charge in [-0.1, -0.05) is 159 Å². The fourth-order valence-corrected chi connectivity index (χ4v) is 13.4. The van der Waals surface area contributed by atoms with Crippen molar-refractivity contribution in [1.29, 1.82) is 0 Å². The lowest BCUT2D eigenvalue weighted by atomic mass is 9.96. The average molecular weight is 1720 g/mol. The number of ether oxygens (including phenoxy) is 6. The Labute approximate surface area is 710 Å². The maximum atomic E-state index is 12.4. The minimum Gasteiger partial charge on any atom is -0.480 e. The van der Waals surface area contributed by atoms with Gasteiger partial charge in [-0.15, -0.1) is 24.8 Å². The maximum absolute atomic E-state index is 12.4. The zero-order valence-corrected chi connectivity index (χ0v) is 70.1. The number of amides is 6. The van der Waals surface area contributed by atoms with Crippen LogP contribution in [0, 0.1) is 23.7 Å². The van der Waals surface area contributed by atoms with Crippen molar-refractivity contribution < 1.29 is 110 Å². The number of hydrogen-bond acceptors (Lipinski definition) is 24. The molecular formula is C85H111Cl3N8O23. The minimum absolute atomic E-state index is 0. The molecule has 31 nitrogen and oxygen atoms in total. The Bertz CT molecular complexity index is 4140. The van der Waals surface area contributed by atoms with Crippen LogP contribution in [0.5, 0.6) is 0 Å². The molecule has 0 spiro atoms. The van der Waals surface area contributed by atoms with Gasteiger partial charge in [0.2, 0.25) is 24.6 Å². The highest BCUT2D eigenvalue weighted by atomic mass is 35.5. The van der Waals surface area contributed by atoms with E-state index in [1.54, 1.807) is 126 Å². The number of nitrogens with two attached hydrogens (primary N) is 1. The van der Waals surface area contributed by atoms with Crippen molar-refractivity contribution in [1.82, 2.24) is 35.6 Å². The molecule has 5 heterocycles. The van der Waals surface area contributed by atoms with Gasteiger partial charge in [-0.3, -0.25) is 57.7 Å². The summed E-state index contributed by atoms with van der Waals surface area (Å²) in [5, 5.41) is 16.5. The first kappa shape index (κ1) is 104. The van der Waals surface area contributed by atoms with E-state index in [9.17, 15) is 81.8 Å². The molecule has 5 aliphatic rings. The van der Waals surface area contributed by atoms with Crippen molar-refractivity contribution in [2.75, 3.05) is 74.3 Å². The number of carbonyl (C=O) groups excluding carboxylic acids is 15. The normalized spacial score (nSPS) is 19.7. The molecule has 0 aliphatic carbocycles. The smallest absolute Gasteiger partial charge is 0.411 e. The number of methoxy groups -OCH3 is 4. The van der Waals surface area contributed by atoms with Crippen LogP contribution in [-0.2, 0) is 71.6 Å². The van der Waals surface area contributed by atoms with Gasteiger partial charge in [0.15, 0.2) is 23.1 Å². The first-order valence-corrected chi connectivity index (χ1v) is 38.0. The number of likely N-dealkylation sites (tertiary alicyclic amines) is 4. The van der Waals surface area contributed by atoms with Gasteiger partial charge < -0.3 is 65.0 Å². The first-order valence-electron chi connectivity index (χ1n) is 37.6. The Morgan fingerprint density at radius 1 is 0.429 bits per heavy atom. The lowest BCUT2D eigenvalue weighted by Gasteiger charge is -2.27. The number of ketones is 4. The van der Waals surface area contributed by atoms with Crippen molar-refractivity contribution in [3.8, 4) is 0 Å². The van der Waals surface area contributed by atoms with Gasteiger partial charge in [-0.2, -0.15) is 0 Å². The number of benzene rings is 5. The number of carboxylic acid groups (broad SMARTS) is 1. The van der Waals surface area contributed by atoms with Gasteiger partial charge in [0.05, 0.1) is 41.5 Å². The van der Waals surface area contributed by atoms with E-state index in [1.165, 1.54) is 48.0 Å². The summed E-state index contributed by atoms with van der Waals surface area (Å²) in [7, 11) is 5.22. The molecule has 0 aromatic heterocycles. The number of nitrogens with one attached hydrogen (secondary N) is 3. The number of halogens is 3. The van der Waals surface area contributed by atoms with Crippen LogP contribution in [0.4, 0.5) is 9.59 Å². The molecule has 0 bridgehead atoms. The van der Waals surface area contributed by atoms with Crippen LogP contribution in [0.1, 0.15) is 159 Å². The highest BCUT2D eigenvalue weighted by molar-refractivity contribution is 6.67. The van der Waals surface area contributed by atoms with E-state index in [1.807, 2.05) is 66.7 Å². The molecule has 119 heavy (non-hydrogen) atoms. The van der Waals surface area contributed by atoms with Gasteiger partial charge in [0.25, 0.3) is 5.24 Å². The quantitative estimate of drug-likeness (QED) is 0.0126. The van der Waals surface area contributed by atoms with Crippen LogP contribution in [0.25, 0.3) is 0 Å². The van der Waals surface area contributed by atoms with E-state index in [4.69, 9.17) is 36.3 Å². The molecule has 6 amide bonds. The second-order valence-corrected chi connectivity index (χ2v) is 30.2. The summed E-state index contributed by atoms with van der Waals surface area (Å²) in [5.41, 5.74) is 7.60. The first-order chi connectivity index (χ1) is 55.0. The molecule has 0 saturated carbocycles. The minimum atomic E-state index is -1.10. The zero-order valence-electron chi connectivity index (χ0n) is 67.7. The van der Waals surface area contributed by atoms with Crippen LogP contribution < -0.4 is 21.7 Å². The number of Topliss-reactive ketones (excluding diaryl/α,β-unsaturated/α-hetero) is 4. The Balaban J connectivity index is 0.000000491. The number of nitrogens with zero attached hydrogens (tertiary/aromatic N) is 4. The van der Waals surface area contributed by atoms with Crippen molar-refractivity contribution in [2.45, 2.75) is 154 Å². The van der Waals surface area contributed by atoms with Crippen LogP contribution in [0.15, 0.2) is 152 Å². The molecule has 34 heteroatoms. The average Bonchev–Trinajstić information content (AvgIpc) is 1.69. The second kappa shape index (κ2) is 52.0. The number of hydrogen-bond donors (Lipinski definition) is 5. The molecule has 5 saturated heterocycles. The van der Waals surface area contributed by atoms with Crippen molar-refractivity contribution >= 4 is 131 Å². The van der Waals surface area contributed by atoms with Crippen molar-refractivity contribution in [3.63, 3.8) is 0 Å². The number of aliphatic carboxylic acids is 1. The third-order valence-corrected chi connectivity index (χ3v) is 19.0. The fraction of sp³-hybridized carbons (Fsp3) is 0.459. The topological polar surface area (TPSA) is 424 Å². The van der Waals surface area contributed by atoms with Gasteiger partial charge in [-0.25, -0.2) is 28.8 Å².